The largest absolute Gasteiger partial charge is 0.497 e. The highest BCUT2D eigenvalue weighted by atomic mass is 19.4. The summed E-state index contributed by atoms with van der Waals surface area (Å²) in [6.45, 7) is 0.355. The molecule has 0 fully saturated rings. The van der Waals surface area contributed by atoms with Gasteiger partial charge in [-0.1, -0.05) is 12.1 Å². The Bertz CT molecular complexity index is 791. The molecule has 0 radical (unpaired) electrons. The van der Waals surface area contributed by atoms with Crippen LogP contribution in [0.5, 0.6) is 5.75 Å². The van der Waals surface area contributed by atoms with E-state index in [1.165, 1.54) is 11.0 Å². The van der Waals surface area contributed by atoms with Gasteiger partial charge in [0.15, 0.2) is 5.82 Å². The molecule has 0 atom stereocenters. The quantitative estimate of drug-likeness (QED) is 0.801. The molecular weight excluding hydrogens is 311 g/mol. The van der Waals surface area contributed by atoms with E-state index in [9.17, 15) is 13.2 Å². The van der Waals surface area contributed by atoms with Crippen molar-refractivity contribution < 1.29 is 17.9 Å². The van der Waals surface area contributed by atoms with Gasteiger partial charge in [0.25, 0.3) is 0 Å². The smallest absolute Gasteiger partial charge is 0.432 e. The molecule has 0 aliphatic heterocycles. The standard InChI is InChI=1S/C14H12F3N5O/c1-23-10-4-2-9(3-5-10)7-22-13(18-8-19-22)11-6-12(21-20-11)14(15,16)17/h2-6,8H,7H2,1H3,(H,20,21). The van der Waals surface area contributed by atoms with Crippen LogP contribution >= 0.6 is 0 Å². The molecule has 0 spiro atoms. The summed E-state index contributed by atoms with van der Waals surface area (Å²) in [5.41, 5.74) is 0.0685. The number of benzene rings is 1. The van der Waals surface area contributed by atoms with Gasteiger partial charge in [0.1, 0.15) is 23.5 Å². The minimum absolute atomic E-state index is 0.0864. The molecule has 3 rings (SSSR count). The van der Waals surface area contributed by atoms with Crippen LogP contribution < -0.4 is 4.74 Å². The van der Waals surface area contributed by atoms with E-state index >= 15 is 0 Å². The van der Waals surface area contributed by atoms with E-state index in [1.807, 2.05) is 17.2 Å². The first kappa shape index (κ1) is 15.1. The van der Waals surface area contributed by atoms with Gasteiger partial charge in [0.05, 0.1) is 13.7 Å². The number of aromatic nitrogens is 5. The van der Waals surface area contributed by atoms with E-state index < -0.39 is 11.9 Å². The van der Waals surface area contributed by atoms with E-state index in [2.05, 4.69) is 15.2 Å². The Morgan fingerprint density at radius 3 is 2.57 bits per heavy atom. The Hall–Kier alpha value is -2.84. The Morgan fingerprint density at radius 1 is 1.22 bits per heavy atom. The first-order valence-electron chi connectivity index (χ1n) is 6.61. The van der Waals surface area contributed by atoms with Gasteiger partial charge in [0.2, 0.25) is 0 Å². The summed E-state index contributed by atoms with van der Waals surface area (Å²) in [7, 11) is 1.57. The molecular formula is C14H12F3N5O. The molecule has 2 aromatic heterocycles. The summed E-state index contributed by atoms with van der Waals surface area (Å²) < 4.78 is 44.5. The van der Waals surface area contributed by atoms with Crippen molar-refractivity contribution in [3.05, 3.63) is 47.9 Å². The molecule has 0 aliphatic carbocycles. The molecule has 1 N–H and O–H groups in total. The maximum absolute atomic E-state index is 12.6. The topological polar surface area (TPSA) is 68.6 Å². The Morgan fingerprint density at radius 2 is 1.96 bits per heavy atom. The summed E-state index contributed by atoms with van der Waals surface area (Å²) in [6, 6.07) is 8.19. The van der Waals surface area contributed by atoms with Gasteiger partial charge in [0, 0.05) is 0 Å². The van der Waals surface area contributed by atoms with E-state index in [0.29, 0.717) is 6.54 Å². The van der Waals surface area contributed by atoms with Gasteiger partial charge in [-0.15, -0.1) is 0 Å². The molecule has 0 unspecified atom stereocenters. The van der Waals surface area contributed by atoms with Crippen LogP contribution in [0.15, 0.2) is 36.7 Å². The maximum Gasteiger partial charge on any atom is 0.432 e. The molecule has 0 saturated carbocycles. The first-order valence-corrected chi connectivity index (χ1v) is 6.61. The van der Waals surface area contributed by atoms with E-state index in [4.69, 9.17) is 4.74 Å². The molecule has 120 valence electrons. The molecule has 0 bridgehead atoms. The second-order valence-corrected chi connectivity index (χ2v) is 4.75. The SMILES string of the molecule is COc1ccc(Cn2ncnc2-c2cc(C(F)(F)F)[nH]n2)cc1. The van der Waals surface area contributed by atoms with Crippen molar-refractivity contribution in [1.29, 1.82) is 0 Å². The number of ether oxygens (including phenoxy) is 1. The molecule has 23 heavy (non-hydrogen) atoms. The average Bonchev–Trinajstić information content (AvgIpc) is 3.16. The van der Waals surface area contributed by atoms with Gasteiger partial charge in [-0.25, -0.2) is 9.67 Å². The molecule has 1 aromatic carbocycles. The third-order valence-corrected chi connectivity index (χ3v) is 3.22. The number of hydrogen-bond donors (Lipinski definition) is 1. The van der Waals surface area contributed by atoms with Crippen LogP contribution in [0, 0.1) is 0 Å². The minimum atomic E-state index is -4.48. The lowest BCUT2D eigenvalue weighted by Crippen LogP contribution is -2.05. The fourth-order valence-electron chi connectivity index (χ4n) is 2.06. The molecule has 9 heteroatoms. The second kappa shape index (κ2) is 5.75. The summed E-state index contributed by atoms with van der Waals surface area (Å²) in [6.07, 6.45) is -3.20. The van der Waals surface area contributed by atoms with Crippen molar-refractivity contribution in [2.45, 2.75) is 12.7 Å². The monoisotopic (exact) mass is 323 g/mol. The van der Waals surface area contributed by atoms with Crippen molar-refractivity contribution in [2.75, 3.05) is 7.11 Å². The molecule has 0 saturated heterocycles. The highest BCUT2D eigenvalue weighted by Crippen LogP contribution is 2.29. The summed E-state index contributed by atoms with van der Waals surface area (Å²) in [4.78, 5) is 3.99. The summed E-state index contributed by atoms with van der Waals surface area (Å²) >= 11 is 0. The highest BCUT2D eigenvalue weighted by molar-refractivity contribution is 5.49. The van der Waals surface area contributed by atoms with Crippen molar-refractivity contribution >= 4 is 0 Å². The van der Waals surface area contributed by atoms with E-state index in [1.54, 1.807) is 19.2 Å². The minimum Gasteiger partial charge on any atom is -0.497 e. The zero-order valence-electron chi connectivity index (χ0n) is 12.0. The van der Waals surface area contributed by atoms with Gasteiger partial charge in [-0.05, 0) is 23.8 Å². The predicted octanol–water partition coefficient (Wildman–Crippen LogP) is 2.74. The number of methoxy groups -OCH3 is 1. The third kappa shape index (κ3) is 3.17. The number of halogens is 3. The number of nitrogens with zero attached hydrogens (tertiary/aromatic N) is 4. The van der Waals surface area contributed by atoms with E-state index in [0.717, 1.165) is 17.4 Å². The van der Waals surface area contributed by atoms with Crippen LogP contribution in [-0.4, -0.2) is 32.1 Å². The number of alkyl halides is 3. The molecule has 0 aliphatic rings. The maximum atomic E-state index is 12.6. The number of nitrogens with one attached hydrogen (secondary N) is 1. The lowest BCUT2D eigenvalue weighted by atomic mass is 10.2. The van der Waals surface area contributed by atoms with Crippen molar-refractivity contribution in [3.63, 3.8) is 0 Å². The number of rotatable bonds is 4. The Kier molecular flexibility index (Phi) is 3.77. The first-order chi connectivity index (χ1) is 11.0. The molecule has 2 heterocycles. The van der Waals surface area contributed by atoms with Crippen LogP contribution in [0.3, 0.4) is 0 Å². The summed E-state index contributed by atoms with van der Waals surface area (Å²) in [5.74, 6) is 0.974. The fraction of sp³-hybridized carbons (Fsp3) is 0.214. The number of hydrogen-bond acceptors (Lipinski definition) is 4. The van der Waals surface area contributed by atoms with Gasteiger partial charge in [-0.3, -0.25) is 5.10 Å². The van der Waals surface area contributed by atoms with Crippen molar-refractivity contribution in [1.82, 2.24) is 25.0 Å². The molecule has 3 aromatic rings. The second-order valence-electron chi connectivity index (χ2n) is 4.75. The van der Waals surface area contributed by atoms with Crippen LogP contribution in [0.2, 0.25) is 0 Å². The van der Waals surface area contributed by atoms with Gasteiger partial charge in [-0.2, -0.15) is 23.4 Å². The normalized spacial score (nSPS) is 11.7. The Labute approximate surface area is 128 Å². The lowest BCUT2D eigenvalue weighted by Gasteiger charge is -2.05. The van der Waals surface area contributed by atoms with Crippen LogP contribution in [0.1, 0.15) is 11.3 Å². The van der Waals surface area contributed by atoms with Gasteiger partial charge < -0.3 is 4.74 Å². The zero-order valence-corrected chi connectivity index (χ0v) is 12.0. The van der Waals surface area contributed by atoms with Crippen molar-refractivity contribution in [2.24, 2.45) is 0 Å². The summed E-state index contributed by atoms with van der Waals surface area (Å²) in [5, 5.41) is 9.67. The van der Waals surface area contributed by atoms with E-state index in [-0.39, 0.29) is 11.5 Å². The Balaban J connectivity index is 1.85. The fourth-order valence-corrected chi connectivity index (χ4v) is 2.06. The van der Waals surface area contributed by atoms with Crippen molar-refractivity contribution in [3.8, 4) is 17.3 Å². The number of H-pyrrole nitrogens is 1. The lowest BCUT2D eigenvalue weighted by molar-refractivity contribution is -0.141. The third-order valence-electron chi connectivity index (χ3n) is 3.22. The van der Waals surface area contributed by atoms with Gasteiger partial charge >= 0.3 is 6.18 Å². The predicted molar refractivity (Wildman–Crippen MR) is 74.7 cm³/mol. The molecule has 6 nitrogen and oxygen atoms in total. The van der Waals surface area contributed by atoms with Crippen LogP contribution in [0.25, 0.3) is 11.5 Å². The highest BCUT2D eigenvalue weighted by Gasteiger charge is 2.33. The zero-order chi connectivity index (χ0) is 16.4. The average molecular weight is 323 g/mol. The number of aromatic amines is 1. The van der Waals surface area contributed by atoms with Crippen LogP contribution in [-0.2, 0) is 12.7 Å². The van der Waals surface area contributed by atoms with Crippen LogP contribution in [0.4, 0.5) is 13.2 Å². The molecule has 0 amide bonds.